The van der Waals surface area contributed by atoms with Gasteiger partial charge in [0.1, 0.15) is 0 Å². The molecule has 0 radical (unpaired) electrons. The minimum atomic E-state index is 0.290. The molecule has 0 amide bonds. The van der Waals surface area contributed by atoms with Crippen LogP contribution >= 0.6 is 0 Å². The molecule has 1 aromatic heterocycles. The fourth-order valence-electron chi connectivity index (χ4n) is 3.94. The van der Waals surface area contributed by atoms with E-state index in [1.807, 2.05) is 0 Å². The van der Waals surface area contributed by atoms with Crippen molar-refractivity contribution in [2.24, 2.45) is 11.8 Å². The van der Waals surface area contributed by atoms with Crippen molar-refractivity contribution in [2.45, 2.75) is 50.7 Å². The van der Waals surface area contributed by atoms with E-state index in [0.717, 1.165) is 50.0 Å². The lowest BCUT2D eigenvalue weighted by Gasteiger charge is -2.13. The van der Waals surface area contributed by atoms with Gasteiger partial charge in [-0.2, -0.15) is 4.98 Å². The van der Waals surface area contributed by atoms with Gasteiger partial charge in [-0.05, 0) is 44.1 Å². The van der Waals surface area contributed by atoms with E-state index in [-0.39, 0.29) is 0 Å². The minimum absolute atomic E-state index is 0.290. The van der Waals surface area contributed by atoms with Crippen molar-refractivity contribution in [3.63, 3.8) is 0 Å². The fraction of sp³-hybridized carbons (Fsp3) is 0.857. The van der Waals surface area contributed by atoms with Crippen LogP contribution in [0.4, 0.5) is 0 Å². The summed E-state index contributed by atoms with van der Waals surface area (Å²) < 4.78 is 11.1. The molecule has 4 rings (SSSR count). The molecule has 5 heteroatoms. The molecule has 3 fully saturated rings. The molecule has 0 bridgehead atoms. The van der Waals surface area contributed by atoms with Crippen LogP contribution in [0.1, 0.15) is 49.9 Å². The van der Waals surface area contributed by atoms with E-state index in [2.05, 4.69) is 15.5 Å². The van der Waals surface area contributed by atoms with Gasteiger partial charge in [0, 0.05) is 13.0 Å². The smallest absolute Gasteiger partial charge is 0.244 e. The Bertz CT molecular complexity index is 442. The summed E-state index contributed by atoms with van der Waals surface area (Å²) in [6, 6.07) is 0.290. The molecule has 104 valence electrons. The van der Waals surface area contributed by atoms with E-state index in [1.54, 1.807) is 0 Å². The molecule has 2 saturated heterocycles. The number of hydrogen-bond acceptors (Lipinski definition) is 5. The Hall–Kier alpha value is -0.940. The second-order valence-corrected chi connectivity index (χ2v) is 6.13. The largest absolute Gasteiger partial charge is 0.378 e. The van der Waals surface area contributed by atoms with E-state index in [0.29, 0.717) is 18.1 Å². The summed E-state index contributed by atoms with van der Waals surface area (Å²) in [6.07, 6.45) is 7.37. The van der Waals surface area contributed by atoms with Crippen LogP contribution in [0.3, 0.4) is 0 Å². The van der Waals surface area contributed by atoms with Crippen LogP contribution in [0.25, 0.3) is 0 Å². The summed E-state index contributed by atoms with van der Waals surface area (Å²) in [7, 11) is 0. The summed E-state index contributed by atoms with van der Waals surface area (Å²) in [5.74, 6) is 3.13. The second kappa shape index (κ2) is 4.87. The van der Waals surface area contributed by atoms with Gasteiger partial charge in [-0.15, -0.1) is 0 Å². The van der Waals surface area contributed by atoms with Crippen LogP contribution in [0, 0.1) is 11.8 Å². The van der Waals surface area contributed by atoms with Crippen molar-refractivity contribution < 1.29 is 9.26 Å². The lowest BCUT2D eigenvalue weighted by Crippen LogP contribution is -2.18. The van der Waals surface area contributed by atoms with Crippen LogP contribution in [-0.2, 0) is 11.2 Å². The number of nitrogens with one attached hydrogen (secondary N) is 1. The van der Waals surface area contributed by atoms with Crippen molar-refractivity contribution in [2.75, 3.05) is 13.2 Å². The maximum atomic E-state index is 5.62. The first-order valence-corrected chi connectivity index (χ1v) is 7.57. The van der Waals surface area contributed by atoms with E-state index in [4.69, 9.17) is 9.26 Å². The van der Waals surface area contributed by atoms with Crippen molar-refractivity contribution >= 4 is 0 Å². The molecule has 0 aromatic carbocycles. The monoisotopic (exact) mass is 263 g/mol. The Labute approximate surface area is 113 Å². The van der Waals surface area contributed by atoms with Gasteiger partial charge in [-0.25, -0.2) is 0 Å². The molecule has 1 N–H and O–H groups in total. The molecule has 1 aliphatic carbocycles. The molecule has 4 unspecified atom stereocenters. The molecule has 19 heavy (non-hydrogen) atoms. The Morgan fingerprint density at radius 2 is 2.21 bits per heavy atom. The number of hydrogen-bond donors (Lipinski definition) is 1. The van der Waals surface area contributed by atoms with Gasteiger partial charge in [0.25, 0.3) is 0 Å². The van der Waals surface area contributed by atoms with E-state index in [9.17, 15) is 0 Å². The highest BCUT2D eigenvalue weighted by Crippen LogP contribution is 2.43. The molecule has 1 aromatic rings. The van der Waals surface area contributed by atoms with Crippen LogP contribution < -0.4 is 5.32 Å². The number of rotatable bonds is 3. The van der Waals surface area contributed by atoms with E-state index >= 15 is 0 Å². The Balaban J connectivity index is 1.45. The standard InChI is InChI=1S/C14H21N3O2/c1-3-9-8-15-13(11(9)5-1)14-16-12(17-19-14)7-10-4-2-6-18-10/h9-11,13,15H,1-8H2. The van der Waals surface area contributed by atoms with Gasteiger partial charge < -0.3 is 14.6 Å². The van der Waals surface area contributed by atoms with Gasteiger partial charge in [-0.1, -0.05) is 11.6 Å². The first-order chi connectivity index (χ1) is 9.40. The van der Waals surface area contributed by atoms with Gasteiger partial charge in [0.15, 0.2) is 5.82 Å². The average Bonchev–Trinajstić information content (AvgIpc) is 3.13. The third-order valence-corrected chi connectivity index (χ3v) is 4.93. The average molecular weight is 263 g/mol. The Morgan fingerprint density at radius 1 is 1.21 bits per heavy atom. The molecule has 3 heterocycles. The zero-order valence-corrected chi connectivity index (χ0v) is 11.2. The van der Waals surface area contributed by atoms with Crippen LogP contribution in [0.5, 0.6) is 0 Å². The highest BCUT2D eigenvalue weighted by atomic mass is 16.5. The maximum Gasteiger partial charge on any atom is 0.244 e. The molecule has 1 saturated carbocycles. The molecule has 4 atom stereocenters. The Kier molecular flexibility index (Phi) is 3.04. The third kappa shape index (κ3) is 2.19. The molecule has 0 spiro atoms. The zero-order chi connectivity index (χ0) is 12.7. The topological polar surface area (TPSA) is 60.2 Å². The van der Waals surface area contributed by atoms with Crippen molar-refractivity contribution in [1.29, 1.82) is 0 Å². The number of fused-ring (bicyclic) bond motifs is 1. The number of aromatic nitrogens is 2. The first-order valence-electron chi connectivity index (χ1n) is 7.57. The highest BCUT2D eigenvalue weighted by molar-refractivity contribution is 5.04. The molecule has 2 aliphatic heterocycles. The highest BCUT2D eigenvalue weighted by Gasteiger charge is 2.42. The second-order valence-electron chi connectivity index (χ2n) is 6.13. The minimum Gasteiger partial charge on any atom is -0.378 e. The summed E-state index contributed by atoms with van der Waals surface area (Å²) in [4.78, 5) is 4.60. The molecule has 3 aliphatic rings. The molecule has 5 nitrogen and oxygen atoms in total. The summed E-state index contributed by atoms with van der Waals surface area (Å²) in [6.45, 7) is 1.99. The fourth-order valence-corrected chi connectivity index (χ4v) is 3.94. The van der Waals surface area contributed by atoms with Crippen molar-refractivity contribution in [3.8, 4) is 0 Å². The lowest BCUT2D eigenvalue weighted by molar-refractivity contribution is 0.109. The maximum absolute atomic E-state index is 5.62. The van der Waals surface area contributed by atoms with Crippen molar-refractivity contribution in [3.05, 3.63) is 11.7 Å². The quantitative estimate of drug-likeness (QED) is 0.902. The van der Waals surface area contributed by atoms with Gasteiger partial charge >= 0.3 is 0 Å². The Morgan fingerprint density at radius 3 is 3.11 bits per heavy atom. The van der Waals surface area contributed by atoms with Gasteiger partial charge in [-0.3, -0.25) is 0 Å². The lowest BCUT2D eigenvalue weighted by atomic mass is 9.94. The van der Waals surface area contributed by atoms with Crippen LogP contribution in [-0.4, -0.2) is 29.4 Å². The van der Waals surface area contributed by atoms with E-state index < -0.39 is 0 Å². The summed E-state index contributed by atoms with van der Waals surface area (Å²) >= 11 is 0. The third-order valence-electron chi connectivity index (χ3n) is 4.93. The van der Waals surface area contributed by atoms with Gasteiger partial charge in [0.2, 0.25) is 5.89 Å². The first kappa shape index (κ1) is 11.9. The number of nitrogens with zero attached hydrogens (tertiary/aromatic N) is 2. The van der Waals surface area contributed by atoms with E-state index in [1.165, 1.54) is 19.3 Å². The van der Waals surface area contributed by atoms with Crippen molar-refractivity contribution in [1.82, 2.24) is 15.5 Å². The molecular weight excluding hydrogens is 242 g/mol. The molecular formula is C14H21N3O2. The summed E-state index contributed by atoms with van der Waals surface area (Å²) in [5, 5.41) is 7.69. The number of ether oxygens (including phenoxy) is 1. The normalized spacial score (nSPS) is 37.9. The SMILES string of the molecule is C1COC(Cc2noc(C3NCC4CCCC43)n2)C1. The predicted molar refractivity (Wildman–Crippen MR) is 68.6 cm³/mol. The zero-order valence-electron chi connectivity index (χ0n) is 11.2. The van der Waals surface area contributed by atoms with Crippen LogP contribution in [0.15, 0.2) is 4.52 Å². The van der Waals surface area contributed by atoms with Crippen LogP contribution in [0.2, 0.25) is 0 Å². The predicted octanol–water partition coefficient (Wildman–Crippen LogP) is 1.85. The summed E-state index contributed by atoms with van der Waals surface area (Å²) in [5.41, 5.74) is 0. The van der Waals surface area contributed by atoms with Gasteiger partial charge in [0.05, 0.1) is 12.1 Å².